The maximum Gasteiger partial charge on any atom is 0.306 e. The van der Waals surface area contributed by atoms with Gasteiger partial charge in [0.2, 0.25) is 0 Å². The van der Waals surface area contributed by atoms with Crippen molar-refractivity contribution in [3.63, 3.8) is 0 Å². The van der Waals surface area contributed by atoms with Crippen LogP contribution in [0.3, 0.4) is 0 Å². The average Bonchev–Trinajstić information content (AvgIpc) is 2.95. The summed E-state index contributed by atoms with van der Waals surface area (Å²) < 4.78 is 11.2. The number of aliphatic hydroxyl groups is 1. The van der Waals surface area contributed by atoms with Gasteiger partial charge >= 0.3 is 5.97 Å². The van der Waals surface area contributed by atoms with Crippen molar-refractivity contribution in [2.45, 2.75) is 25.4 Å². The van der Waals surface area contributed by atoms with E-state index in [0.717, 1.165) is 6.42 Å². The van der Waals surface area contributed by atoms with Crippen LogP contribution < -0.4 is 9.47 Å². The summed E-state index contributed by atoms with van der Waals surface area (Å²) in [5.41, 5.74) is 0.580. The van der Waals surface area contributed by atoms with Gasteiger partial charge in [-0.3, -0.25) is 4.79 Å². The van der Waals surface area contributed by atoms with Gasteiger partial charge in [0.25, 0.3) is 0 Å². The minimum absolute atomic E-state index is 0.305. The van der Waals surface area contributed by atoms with E-state index in [2.05, 4.69) is 15.9 Å². The Morgan fingerprint density at radius 1 is 1.33 bits per heavy atom. The molecule has 0 heterocycles. The van der Waals surface area contributed by atoms with Crippen LogP contribution >= 0.6 is 15.9 Å². The summed E-state index contributed by atoms with van der Waals surface area (Å²) in [5.74, 6) is -0.569. The van der Waals surface area contributed by atoms with Crippen LogP contribution in [-0.4, -0.2) is 30.4 Å². The molecule has 6 heteroatoms. The summed E-state index contributed by atoms with van der Waals surface area (Å²) in [5, 5.41) is 20.0. The number of benzene rings is 1. The molecule has 1 aliphatic carbocycles. The fourth-order valence-electron chi connectivity index (χ4n) is 3.03. The summed E-state index contributed by atoms with van der Waals surface area (Å²) >= 11 is 3.42. The Labute approximate surface area is 132 Å². The third-order valence-corrected chi connectivity index (χ3v) is 4.76. The molecule has 1 aliphatic rings. The second-order valence-corrected chi connectivity index (χ2v) is 6.06. The average molecular weight is 359 g/mol. The molecule has 2 N–H and O–H groups in total. The molecule has 1 fully saturated rings. The molecule has 1 aromatic rings. The molecule has 3 unspecified atom stereocenters. The molecule has 2 rings (SSSR count). The van der Waals surface area contributed by atoms with Crippen molar-refractivity contribution in [3.8, 4) is 11.5 Å². The Morgan fingerprint density at radius 3 is 2.62 bits per heavy atom. The van der Waals surface area contributed by atoms with E-state index in [0.29, 0.717) is 34.4 Å². The highest BCUT2D eigenvalue weighted by Crippen LogP contribution is 2.46. The van der Waals surface area contributed by atoms with Crippen molar-refractivity contribution in [2.75, 3.05) is 14.2 Å². The summed E-state index contributed by atoms with van der Waals surface area (Å²) in [4.78, 5) is 11.3. The number of aliphatic hydroxyl groups excluding tert-OH is 1. The number of carbonyl (C=O) groups is 1. The van der Waals surface area contributed by atoms with Gasteiger partial charge in [0.05, 0.1) is 26.2 Å². The Morgan fingerprint density at radius 2 is 2.05 bits per heavy atom. The Hall–Kier alpha value is -1.27. The second-order valence-electron chi connectivity index (χ2n) is 5.21. The van der Waals surface area contributed by atoms with Gasteiger partial charge in [0.15, 0.2) is 0 Å². The van der Waals surface area contributed by atoms with E-state index in [9.17, 15) is 15.0 Å². The van der Waals surface area contributed by atoms with Crippen molar-refractivity contribution in [1.82, 2.24) is 0 Å². The van der Waals surface area contributed by atoms with Crippen molar-refractivity contribution in [2.24, 2.45) is 11.8 Å². The number of rotatable bonds is 5. The lowest BCUT2D eigenvalue weighted by atomic mass is 9.86. The molecule has 0 radical (unpaired) electrons. The summed E-state index contributed by atoms with van der Waals surface area (Å²) in [6.07, 6.45) is 1.23. The van der Waals surface area contributed by atoms with Crippen LogP contribution in [0.1, 0.15) is 30.9 Å². The summed E-state index contributed by atoms with van der Waals surface area (Å²) in [7, 11) is 3.06. The monoisotopic (exact) mass is 358 g/mol. The number of aliphatic carboxylic acids is 1. The normalized spacial score (nSPS) is 22.9. The first-order valence-corrected chi connectivity index (χ1v) is 7.61. The van der Waals surface area contributed by atoms with Gasteiger partial charge in [-0.05, 0) is 18.9 Å². The van der Waals surface area contributed by atoms with E-state index in [4.69, 9.17) is 9.47 Å². The predicted octanol–water partition coefficient (Wildman–Crippen LogP) is 3.00. The smallest absolute Gasteiger partial charge is 0.306 e. The summed E-state index contributed by atoms with van der Waals surface area (Å²) in [6, 6.07) is 3.43. The first-order valence-electron chi connectivity index (χ1n) is 6.81. The fraction of sp³-hybridized carbons (Fsp3) is 0.533. The van der Waals surface area contributed by atoms with Crippen LogP contribution in [-0.2, 0) is 4.79 Å². The molecule has 21 heavy (non-hydrogen) atoms. The molecule has 0 aliphatic heterocycles. The molecule has 1 aromatic carbocycles. The van der Waals surface area contributed by atoms with E-state index in [-0.39, 0.29) is 5.92 Å². The van der Waals surface area contributed by atoms with Gasteiger partial charge in [0, 0.05) is 22.0 Å². The minimum Gasteiger partial charge on any atom is -0.497 e. The number of hydrogen-bond acceptors (Lipinski definition) is 4. The Bertz CT molecular complexity index is 531. The van der Waals surface area contributed by atoms with Crippen molar-refractivity contribution >= 4 is 21.9 Å². The highest BCUT2D eigenvalue weighted by Gasteiger charge is 2.39. The van der Waals surface area contributed by atoms with Crippen molar-refractivity contribution < 1.29 is 24.5 Å². The minimum atomic E-state index is -0.885. The molecule has 0 amide bonds. The van der Waals surface area contributed by atoms with Gasteiger partial charge in [-0.1, -0.05) is 22.4 Å². The standard InChI is InChI=1S/C15H19BrO5/c1-20-8-6-11(16)13(12(7-8)21-2)14(17)9-4-3-5-10(9)15(18)19/h6-7,9-10,14,17H,3-5H2,1-2H3,(H,18,19). The zero-order valence-electron chi connectivity index (χ0n) is 12.0. The lowest BCUT2D eigenvalue weighted by Gasteiger charge is -2.25. The quantitative estimate of drug-likeness (QED) is 0.845. The van der Waals surface area contributed by atoms with E-state index in [1.165, 1.54) is 7.11 Å². The van der Waals surface area contributed by atoms with Crippen LogP contribution in [0, 0.1) is 11.8 Å². The molecule has 0 spiro atoms. The maximum absolute atomic E-state index is 11.3. The number of carboxylic acid groups (broad SMARTS) is 1. The molecule has 0 bridgehead atoms. The third kappa shape index (κ3) is 3.16. The van der Waals surface area contributed by atoms with Gasteiger partial charge in [-0.15, -0.1) is 0 Å². The number of hydrogen-bond donors (Lipinski definition) is 2. The van der Waals surface area contributed by atoms with E-state index >= 15 is 0 Å². The predicted molar refractivity (Wildman–Crippen MR) is 80.7 cm³/mol. The SMILES string of the molecule is COc1cc(Br)c(C(O)C2CCCC2C(=O)O)c(OC)c1. The summed E-state index contributed by atoms with van der Waals surface area (Å²) in [6.45, 7) is 0. The van der Waals surface area contributed by atoms with Crippen LogP contribution in [0.2, 0.25) is 0 Å². The Kier molecular flexibility index (Phi) is 5.11. The van der Waals surface area contributed by atoms with E-state index in [1.807, 2.05) is 0 Å². The molecule has 116 valence electrons. The first kappa shape index (κ1) is 16.1. The third-order valence-electron chi connectivity index (χ3n) is 4.11. The number of ether oxygens (including phenoxy) is 2. The van der Waals surface area contributed by atoms with Crippen LogP contribution in [0.15, 0.2) is 16.6 Å². The van der Waals surface area contributed by atoms with Gasteiger partial charge in [-0.25, -0.2) is 0 Å². The molecule has 3 atom stereocenters. The number of carboxylic acids is 1. The van der Waals surface area contributed by atoms with Crippen LogP contribution in [0.4, 0.5) is 0 Å². The highest BCUT2D eigenvalue weighted by molar-refractivity contribution is 9.10. The lowest BCUT2D eigenvalue weighted by molar-refractivity contribution is -0.144. The molecule has 5 nitrogen and oxygen atoms in total. The topological polar surface area (TPSA) is 76.0 Å². The van der Waals surface area contributed by atoms with E-state index < -0.39 is 18.0 Å². The Balaban J connectivity index is 2.38. The maximum atomic E-state index is 11.3. The largest absolute Gasteiger partial charge is 0.497 e. The van der Waals surface area contributed by atoms with Gasteiger partial charge in [0.1, 0.15) is 11.5 Å². The molecular weight excluding hydrogens is 340 g/mol. The molecule has 1 saturated carbocycles. The van der Waals surface area contributed by atoms with Crippen LogP contribution in [0.5, 0.6) is 11.5 Å². The van der Waals surface area contributed by atoms with E-state index in [1.54, 1.807) is 19.2 Å². The zero-order chi connectivity index (χ0) is 15.6. The zero-order valence-corrected chi connectivity index (χ0v) is 13.6. The fourth-order valence-corrected chi connectivity index (χ4v) is 3.69. The number of methoxy groups -OCH3 is 2. The van der Waals surface area contributed by atoms with Gasteiger partial charge in [-0.2, -0.15) is 0 Å². The van der Waals surface area contributed by atoms with Crippen LogP contribution in [0.25, 0.3) is 0 Å². The highest BCUT2D eigenvalue weighted by atomic mass is 79.9. The van der Waals surface area contributed by atoms with Crippen molar-refractivity contribution in [3.05, 3.63) is 22.2 Å². The second kappa shape index (κ2) is 6.66. The molecule has 0 saturated heterocycles. The first-order chi connectivity index (χ1) is 9.99. The molecular formula is C15H19BrO5. The lowest BCUT2D eigenvalue weighted by Crippen LogP contribution is -2.24. The van der Waals surface area contributed by atoms with Gasteiger partial charge < -0.3 is 19.7 Å². The number of halogens is 1. The van der Waals surface area contributed by atoms with Crippen molar-refractivity contribution in [1.29, 1.82) is 0 Å². The molecule has 0 aromatic heterocycles.